The summed E-state index contributed by atoms with van der Waals surface area (Å²) in [6.07, 6.45) is 1.61. The second-order valence-corrected chi connectivity index (χ2v) is 5.73. The highest BCUT2D eigenvalue weighted by molar-refractivity contribution is 7.13. The van der Waals surface area contributed by atoms with E-state index in [0.29, 0.717) is 18.1 Å². The van der Waals surface area contributed by atoms with Gasteiger partial charge in [-0.15, -0.1) is 11.3 Å². The minimum absolute atomic E-state index is 0.120. The van der Waals surface area contributed by atoms with Crippen molar-refractivity contribution in [2.45, 2.75) is 13.8 Å². The number of hydrogen-bond acceptors (Lipinski definition) is 5. The molecule has 0 radical (unpaired) electrons. The van der Waals surface area contributed by atoms with Crippen molar-refractivity contribution in [3.8, 4) is 11.5 Å². The molecule has 6 heteroatoms. The van der Waals surface area contributed by atoms with Gasteiger partial charge in [-0.3, -0.25) is 4.79 Å². The average Bonchev–Trinajstić information content (AvgIpc) is 2.92. The quantitative estimate of drug-likeness (QED) is 0.630. The van der Waals surface area contributed by atoms with Crippen LogP contribution in [0.2, 0.25) is 0 Å². The number of benzene rings is 1. The molecule has 0 fully saturated rings. The maximum atomic E-state index is 11.7. The largest absolute Gasteiger partial charge is 0.490 e. The molecule has 2 aromatic rings. The highest BCUT2D eigenvalue weighted by Gasteiger charge is 2.06. The van der Waals surface area contributed by atoms with Gasteiger partial charge in [-0.1, -0.05) is 12.1 Å². The number of aryl methyl sites for hydroxylation is 1. The van der Waals surface area contributed by atoms with E-state index in [4.69, 9.17) is 9.47 Å². The lowest BCUT2D eigenvalue weighted by molar-refractivity contribution is -0.123. The lowest BCUT2D eigenvalue weighted by Gasteiger charge is -2.10. The molecule has 0 atom stereocenters. The molecule has 5 nitrogen and oxygen atoms in total. The molecular formula is C16H18N2O3S. The summed E-state index contributed by atoms with van der Waals surface area (Å²) in [4.78, 5) is 13.9. The smallest absolute Gasteiger partial charge is 0.277 e. The maximum absolute atomic E-state index is 11.7. The number of rotatable bonds is 7. The molecular weight excluding hydrogens is 300 g/mol. The Hall–Kier alpha value is -2.34. The van der Waals surface area contributed by atoms with Crippen LogP contribution in [0.15, 0.2) is 41.5 Å². The zero-order chi connectivity index (χ0) is 15.8. The van der Waals surface area contributed by atoms with Crippen LogP contribution in [0.4, 0.5) is 0 Å². The Morgan fingerprint density at radius 3 is 2.59 bits per heavy atom. The van der Waals surface area contributed by atoms with Crippen LogP contribution in [0.5, 0.6) is 11.5 Å². The Balaban J connectivity index is 1.81. The van der Waals surface area contributed by atoms with E-state index in [-0.39, 0.29) is 12.5 Å². The Labute approximate surface area is 133 Å². The Bertz CT molecular complexity index is 652. The number of ether oxygens (including phenoxy) is 2. The molecule has 1 aromatic carbocycles. The number of amides is 1. The second-order valence-electron chi connectivity index (χ2n) is 4.41. The summed E-state index contributed by atoms with van der Waals surface area (Å²) in [5.41, 5.74) is 2.43. The number of carbonyl (C=O) groups is 1. The molecule has 0 unspecified atom stereocenters. The number of carbonyl (C=O) groups excluding carboxylic acids is 1. The Morgan fingerprint density at radius 2 is 1.95 bits per heavy atom. The summed E-state index contributed by atoms with van der Waals surface area (Å²) in [7, 11) is 0. The molecule has 0 bridgehead atoms. The molecule has 22 heavy (non-hydrogen) atoms. The van der Waals surface area contributed by atoms with Crippen molar-refractivity contribution < 1.29 is 14.3 Å². The van der Waals surface area contributed by atoms with Crippen molar-refractivity contribution in [1.82, 2.24) is 5.43 Å². The zero-order valence-corrected chi connectivity index (χ0v) is 13.4. The molecule has 1 N–H and O–H groups in total. The normalized spacial score (nSPS) is 10.6. The number of para-hydroxylation sites is 2. The van der Waals surface area contributed by atoms with E-state index in [9.17, 15) is 4.79 Å². The first kappa shape index (κ1) is 16.0. The van der Waals surface area contributed by atoms with Crippen molar-refractivity contribution in [3.05, 3.63) is 46.2 Å². The van der Waals surface area contributed by atoms with Crippen molar-refractivity contribution in [2.75, 3.05) is 13.2 Å². The van der Waals surface area contributed by atoms with Gasteiger partial charge in [-0.05, 0) is 38.1 Å². The van der Waals surface area contributed by atoms with E-state index in [0.717, 1.165) is 4.88 Å². The predicted octanol–water partition coefficient (Wildman–Crippen LogP) is 2.98. The van der Waals surface area contributed by atoms with Crippen LogP contribution >= 0.6 is 11.3 Å². The lowest BCUT2D eigenvalue weighted by Crippen LogP contribution is -2.24. The lowest BCUT2D eigenvalue weighted by atomic mass is 10.3. The first-order valence-electron chi connectivity index (χ1n) is 6.92. The molecule has 0 aliphatic heterocycles. The summed E-state index contributed by atoms with van der Waals surface area (Å²) in [6.45, 7) is 4.33. The molecule has 116 valence electrons. The van der Waals surface area contributed by atoms with Gasteiger partial charge < -0.3 is 9.47 Å². The maximum Gasteiger partial charge on any atom is 0.277 e. The first-order chi connectivity index (χ1) is 10.7. The number of nitrogens with one attached hydrogen (secondary N) is 1. The van der Waals surface area contributed by atoms with Crippen LogP contribution in [0.3, 0.4) is 0 Å². The highest BCUT2D eigenvalue weighted by atomic mass is 32.1. The van der Waals surface area contributed by atoms with E-state index in [2.05, 4.69) is 10.5 Å². The van der Waals surface area contributed by atoms with Gasteiger partial charge >= 0.3 is 0 Å². The minimum atomic E-state index is -0.323. The molecule has 1 heterocycles. The summed E-state index contributed by atoms with van der Waals surface area (Å²) >= 11 is 1.61. The topological polar surface area (TPSA) is 59.9 Å². The van der Waals surface area contributed by atoms with Gasteiger partial charge in [0, 0.05) is 9.75 Å². The van der Waals surface area contributed by atoms with E-state index in [1.54, 1.807) is 29.7 Å². The zero-order valence-electron chi connectivity index (χ0n) is 12.5. The van der Waals surface area contributed by atoms with E-state index in [1.807, 2.05) is 38.1 Å². The predicted molar refractivity (Wildman–Crippen MR) is 87.9 cm³/mol. The molecule has 1 aromatic heterocycles. The number of hydrazone groups is 1. The summed E-state index contributed by atoms with van der Waals surface area (Å²) in [5, 5.41) is 3.90. The van der Waals surface area contributed by atoms with Crippen LogP contribution in [-0.2, 0) is 4.79 Å². The minimum Gasteiger partial charge on any atom is -0.490 e. The van der Waals surface area contributed by atoms with Gasteiger partial charge in [-0.25, -0.2) is 5.43 Å². The van der Waals surface area contributed by atoms with Crippen LogP contribution in [0.25, 0.3) is 0 Å². The second kappa shape index (κ2) is 8.19. The number of hydrogen-bond donors (Lipinski definition) is 1. The molecule has 0 aliphatic carbocycles. The SMILES string of the molecule is CCOc1ccccc1OCC(=O)NN=Cc1ccc(C)s1. The standard InChI is InChI=1S/C16H18N2O3S/c1-3-20-14-6-4-5-7-15(14)21-11-16(19)18-17-10-13-9-8-12(2)22-13/h4-10H,3,11H2,1-2H3,(H,18,19). The third-order valence-corrected chi connectivity index (χ3v) is 3.59. The number of nitrogens with zero attached hydrogens (tertiary/aromatic N) is 1. The Morgan fingerprint density at radius 1 is 1.23 bits per heavy atom. The van der Waals surface area contributed by atoms with Gasteiger partial charge in [0.2, 0.25) is 0 Å². The van der Waals surface area contributed by atoms with E-state index >= 15 is 0 Å². The molecule has 1 amide bonds. The van der Waals surface area contributed by atoms with E-state index < -0.39 is 0 Å². The van der Waals surface area contributed by atoms with Gasteiger partial charge in [0.25, 0.3) is 5.91 Å². The fourth-order valence-electron chi connectivity index (χ4n) is 1.71. The molecule has 0 saturated heterocycles. The Kier molecular flexibility index (Phi) is 5.97. The third-order valence-electron chi connectivity index (χ3n) is 2.65. The van der Waals surface area contributed by atoms with Gasteiger partial charge in [-0.2, -0.15) is 5.10 Å². The van der Waals surface area contributed by atoms with Crippen molar-refractivity contribution in [3.63, 3.8) is 0 Å². The summed E-state index contributed by atoms with van der Waals surface area (Å²) in [5.74, 6) is 0.837. The highest BCUT2D eigenvalue weighted by Crippen LogP contribution is 2.26. The third kappa shape index (κ3) is 4.89. The van der Waals surface area contributed by atoms with E-state index in [1.165, 1.54) is 4.88 Å². The fourth-order valence-corrected chi connectivity index (χ4v) is 2.46. The van der Waals surface area contributed by atoms with Gasteiger partial charge in [0.05, 0.1) is 12.8 Å². The molecule has 0 spiro atoms. The summed E-state index contributed by atoms with van der Waals surface area (Å²) < 4.78 is 10.9. The van der Waals surface area contributed by atoms with Gasteiger partial charge in [0.1, 0.15) is 0 Å². The summed E-state index contributed by atoms with van der Waals surface area (Å²) in [6, 6.07) is 11.2. The molecule has 0 aliphatic rings. The van der Waals surface area contributed by atoms with Crippen molar-refractivity contribution in [2.24, 2.45) is 5.10 Å². The molecule has 2 rings (SSSR count). The van der Waals surface area contributed by atoms with Crippen LogP contribution in [-0.4, -0.2) is 25.3 Å². The number of thiophene rings is 1. The fraction of sp³-hybridized carbons (Fsp3) is 0.250. The van der Waals surface area contributed by atoms with Crippen LogP contribution < -0.4 is 14.9 Å². The van der Waals surface area contributed by atoms with Crippen molar-refractivity contribution >= 4 is 23.5 Å². The van der Waals surface area contributed by atoms with Crippen LogP contribution in [0.1, 0.15) is 16.7 Å². The van der Waals surface area contributed by atoms with Gasteiger partial charge in [0.15, 0.2) is 18.1 Å². The molecule has 0 saturated carbocycles. The van der Waals surface area contributed by atoms with Crippen molar-refractivity contribution in [1.29, 1.82) is 0 Å². The van der Waals surface area contributed by atoms with Crippen LogP contribution in [0, 0.1) is 6.92 Å². The monoisotopic (exact) mass is 318 g/mol. The first-order valence-corrected chi connectivity index (χ1v) is 7.73. The average molecular weight is 318 g/mol.